The van der Waals surface area contributed by atoms with Crippen LogP contribution in [0, 0.1) is 0 Å². The van der Waals surface area contributed by atoms with Crippen molar-refractivity contribution in [1.82, 2.24) is 4.98 Å². The molecule has 0 radical (unpaired) electrons. The fourth-order valence-electron chi connectivity index (χ4n) is 1.68. The maximum absolute atomic E-state index is 10.8. The van der Waals surface area contributed by atoms with Gasteiger partial charge in [0.25, 0.3) is 0 Å². The zero-order valence-corrected chi connectivity index (χ0v) is 10.5. The number of aromatic nitrogens is 1. The molecule has 1 heterocycles. The molecule has 0 aliphatic heterocycles. The second-order valence-corrected chi connectivity index (χ2v) is 4.96. The Kier molecular flexibility index (Phi) is 4.07. The van der Waals surface area contributed by atoms with Gasteiger partial charge in [0.1, 0.15) is 0 Å². The Morgan fingerprint density at radius 1 is 1.28 bits per heavy atom. The predicted molar refractivity (Wildman–Crippen MR) is 69.7 cm³/mol. The highest BCUT2D eigenvalue weighted by atomic mass is 32.1. The summed E-state index contributed by atoms with van der Waals surface area (Å²) in [5.74, 6) is -0.869. The molecule has 94 valence electrons. The summed E-state index contributed by atoms with van der Waals surface area (Å²) in [6, 6.07) is 9.50. The minimum absolute atomic E-state index is 0.0221. The van der Waals surface area contributed by atoms with E-state index in [4.69, 9.17) is 10.2 Å². The first-order valence-corrected chi connectivity index (χ1v) is 6.39. The third-order valence-electron chi connectivity index (χ3n) is 2.43. The molecule has 0 saturated carbocycles. The van der Waals surface area contributed by atoms with Crippen molar-refractivity contribution in [2.75, 3.05) is 6.61 Å². The molecule has 2 aromatic rings. The van der Waals surface area contributed by atoms with E-state index in [-0.39, 0.29) is 13.0 Å². The largest absolute Gasteiger partial charge is 0.481 e. The highest BCUT2D eigenvalue weighted by Gasteiger charge is 2.15. The van der Waals surface area contributed by atoms with Crippen molar-refractivity contribution in [1.29, 1.82) is 0 Å². The molecule has 0 aliphatic rings. The molecule has 1 aromatic heterocycles. The van der Waals surface area contributed by atoms with Crippen LogP contribution in [0.25, 0.3) is 11.3 Å². The van der Waals surface area contributed by atoms with E-state index in [0.29, 0.717) is 12.1 Å². The van der Waals surface area contributed by atoms with Crippen LogP contribution in [0.15, 0.2) is 30.3 Å². The zero-order valence-electron chi connectivity index (χ0n) is 9.67. The number of hydrogen-bond acceptors (Lipinski definition) is 4. The average molecular weight is 263 g/mol. The van der Waals surface area contributed by atoms with Crippen molar-refractivity contribution in [3.8, 4) is 11.3 Å². The number of carboxylic acids is 1. The predicted octanol–water partition coefficient (Wildman–Crippen LogP) is 1.97. The van der Waals surface area contributed by atoms with E-state index in [1.165, 1.54) is 11.3 Å². The van der Waals surface area contributed by atoms with Crippen LogP contribution in [0.5, 0.6) is 0 Å². The van der Waals surface area contributed by atoms with E-state index in [1.807, 2.05) is 30.3 Å². The molecule has 0 aliphatic carbocycles. The van der Waals surface area contributed by atoms with Gasteiger partial charge in [-0.3, -0.25) is 4.79 Å². The number of aliphatic carboxylic acids is 1. The third kappa shape index (κ3) is 2.94. The molecule has 0 spiro atoms. The molecule has 2 rings (SSSR count). The van der Waals surface area contributed by atoms with Gasteiger partial charge >= 0.3 is 5.97 Å². The van der Waals surface area contributed by atoms with Crippen molar-refractivity contribution >= 4 is 17.3 Å². The Morgan fingerprint density at radius 3 is 2.61 bits per heavy atom. The van der Waals surface area contributed by atoms with Crippen LogP contribution in [0.2, 0.25) is 0 Å². The molecule has 1 aromatic carbocycles. The topological polar surface area (TPSA) is 70.4 Å². The monoisotopic (exact) mass is 263 g/mol. The summed E-state index contributed by atoms with van der Waals surface area (Å²) >= 11 is 1.36. The molecule has 0 saturated heterocycles. The summed E-state index contributed by atoms with van der Waals surface area (Å²) in [7, 11) is 0. The lowest BCUT2D eigenvalue weighted by atomic mass is 10.1. The van der Waals surface area contributed by atoms with E-state index in [1.54, 1.807) is 0 Å². The zero-order chi connectivity index (χ0) is 13.0. The van der Waals surface area contributed by atoms with Crippen molar-refractivity contribution in [3.05, 3.63) is 40.2 Å². The van der Waals surface area contributed by atoms with Gasteiger partial charge in [-0.15, -0.1) is 11.3 Å². The summed E-state index contributed by atoms with van der Waals surface area (Å²) < 4.78 is 0. The van der Waals surface area contributed by atoms with Crippen LogP contribution in [-0.2, 0) is 17.6 Å². The van der Waals surface area contributed by atoms with Gasteiger partial charge in [-0.05, 0) is 0 Å². The summed E-state index contributed by atoms with van der Waals surface area (Å²) in [6.45, 7) is 0.0221. The van der Waals surface area contributed by atoms with Gasteiger partial charge in [-0.2, -0.15) is 0 Å². The highest BCUT2D eigenvalue weighted by Crippen LogP contribution is 2.28. The van der Waals surface area contributed by atoms with E-state index in [9.17, 15) is 4.79 Å². The first-order valence-electron chi connectivity index (χ1n) is 5.57. The highest BCUT2D eigenvalue weighted by molar-refractivity contribution is 7.12. The number of rotatable bonds is 5. The van der Waals surface area contributed by atoms with E-state index in [2.05, 4.69) is 4.98 Å². The fourth-order valence-corrected chi connectivity index (χ4v) is 2.75. The van der Waals surface area contributed by atoms with Crippen LogP contribution < -0.4 is 0 Å². The van der Waals surface area contributed by atoms with Gasteiger partial charge in [0, 0.05) is 23.5 Å². The molecule has 0 fully saturated rings. The van der Waals surface area contributed by atoms with E-state index in [0.717, 1.165) is 15.4 Å². The van der Waals surface area contributed by atoms with Crippen LogP contribution >= 0.6 is 11.3 Å². The van der Waals surface area contributed by atoms with Gasteiger partial charge in [-0.1, -0.05) is 30.3 Å². The number of carbonyl (C=O) groups is 1. The number of nitrogens with zero attached hydrogens (tertiary/aromatic N) is 1. The maximum Gasteiger partial charge on any atom is 0.308 e. The standard InChI is InChI=1S/C13H13NO3S/c15-7-6-11-14-13(9-4-2-1-3-5-9)10(18-11)8-12(16)17/h1-5,15H,6-8H2,(H,16,17). The molecule has 0 atom stereocenters. The van der Waals surface area contributed by atoms with Gasteiger partial charge in [0.05, 0.1) is 17.1 Å². The molecule has 0 amide bonds. The van der Waals surface area contributed by atoms with Crippen molar-refractivity contribution in [3.63, 3.8) is 0 Å². The Balaban J connectivity index is 2.40. The number of aliphatic hydroxyl groups excluding tert-OH is 1. The Labute approximate surface area is 109 Å². The van der Waals surface area contributed by atoms with Gasteiger partial charge in [0.15, 0.2) is 0 Å². The smallest absolute Gasteiger partial charge is 0.308 e. The van der Waals surface area contributed by atoms with Crippen LogP contribution in [-0.4, -0.2) is 27.8 Å². The van der Waals surface area contributed by atoms with Crippen LogP contribution in [0.1, 0.15) is 9.88 Å². The average Bonchev–Trinajstić information content (AvgIpc) is 2.73. The molecule has 4 nitrogen and oxygen atoms in total. The summed E-state index contributed by atoms with van der Waals surface area (Å²) in [4.78, 5) is 16.0. The minimum atomic E-state index is -0.869. The number of hydrogen-bond donors (Lipinski definition) is 2. The second kappa shape index (κ2) is 5.75. The van der Waals surface area contributed by atoms with Gasteiger partial charge < -0.3 is 10.2 Å². The SMILES string of the molecule is O=C(O)Cc1sc(CCO)nc1-c1ccccc1. The molecular formula is C13H13NO3S. The van der Waals surface area contributed by atoms with Gasteiger partial charge in [-0.25, -0.2) is 4.98 Å². The second-order valence-electron chi connectivity index (χ2n) is 3.79. The normalized spacial score (nSPS) is 10.5. The van der Waals surface area contributed by atoms with E-state index < -0.39 is 5.97 Å². The summed E-state index contributed by atoms with van der Waals surface area (Å²) in [5, 5.41) is 18.6. The minimum Gasteiger partial charge on any atom is -0.481 e. The van der Waals surface area contributed by atoms with Crippen LogP contribution in [0.3, 0.4) is 0 Å². The first-order chi connectivity index (χ1) is 8.70. The molecule has 18 heavy (non-hydrogen) atoms. The van der Waals surface area contributed by atoms with E-state index >= 15 is 0 Å². The lowest BCUT2D eigenvalue weighted by Gasteiger charge is -1.99. The quantitative estimate of drug-likeness (QED) is 0.865. The van der Waals surface area contributed by atoms with Crippen molar-refractivity contribution in [2.45, 2.75) is 12.8 Å². The Hall–Kier alpha value is -1.72. The lowest BCUT2D eigenvalue weighted by molar-refractivity contribution is -0.136. The number of benzene rings is 1. The number of carboxylic acid groups (broad SMARTS) is 1. The number of aliphatic hydroxyl groups is 1. The Bertz CT molecular complexity index is 536. The molecule has 5 heteroatoms. The molecule has 0 bridgehead atoms. The number of thiazole rings is 1. The lowest BCUT2D eigenvalue weighted by Crippen LogP contribution is -1.99. The molecule has 2 N–H and O–H groups in total. The van der Waals surface area contributed by atoms with Crippen molar-refractivity contribution < 1.29 is 15.0 Å². The van der Waals surface area contributed by atoms with Crippen molar-refractivity contribution in [2.24, 2.45) is 0 Å². The van der Waals surface area contributed by atoms with Crippen LogP contribution in [0.4, 0.5) is 0 Å². The van der Waals surface area contributed by atoms with Gasteiger partial charge in [0.2, 0.25) is 0 Å². The third-order valence-corrected chi connectivity index (χ3v) is 3.54. The summed E-state index contributed by atoms with van der Waals surface area (Å²) in [6.07, 6.45) is 0.428. The molecular weight excluding hydrogens is 250 g/mol. The fraction of sp³-hybridized carbons (Fsp3) is 0.231. The Morgan fingerprint density at radius 2 is 2.00 bits per heavy atom. The maximum atomic E-state index is 10.8. The molecule has 0 unspecified atom stereocenters. The summed E-state index contributed by atoms with van der Waals surface area (Å²) in [5.41, 5.74) is 1.63. The first kappa shape index (κ1) is 12.7.